The minimum Gasteiger partial charge on any atom is -0.477 e. The predicted molar refractivity (Wildman–Crippen MR) is 70.0 cm³/mol. The lowest BCUT2D eigenvalue weighted by atomic mass is 10.3. The van der Waals surface area contributed by atoms with E-state index in [1.54, 1.807) is 6.20 Å². The highest BCUT2D eigenvalue weighted by molar-refractivity contribution is 7.17. The van der Waals surface area contributed by atoms with Gasteiger partial charge < -0.3 is 10.0 Å². The number of pyridine rings is 1. The molecule has 2 rings (SSSR count). The second-order valence-electron chi connectivity index (χ2n) is 3.65. The highest BCUT2D eigenvalue weighted by Crippen LogP contribution is 2.23. The van der Waals surface area contributed by atoms with Crippen LogP contribution in [0.2, 0.25) is 0 Å². The lowest BCUT2D eigenvalue weighted by Crippen LogP contribution is -2.22. The third-order valence-corrected chi connectivity index (χ3v) is 3.48. The standard InChI is InChI=1S/C12H13N3O2S/c1-2-15(8-9-5-3-4-6-13-9)12-14-7-10(18-12)11(16)17/h3-7H,2,8H2,1H3,(H,16,17). The summed E-state index contributed by atoms with van der Waals surface area (Å²) < 4.78 is 0. The molecule has 5 nitrogen and oxygen atoms in total. The van der Waals surface area contributed by atoms with Gasteiger partial charge >= 0.3 is 5.97 Å². The summed E-state index contributed by atoms with van der Waals surface area (Å²) in [6.45, 7) is 3.39. The van der Waals surface area contributed by atoms with Gasteiger partial charge in [0.1, 0.15) is 4.88 Å². The van der Waals surface area contributed by atoms with E-state index in [-0.39, 0.29) is 4.88 Å². The van der Waals surface area contributed by atoms with Crippen molar-refractivity contribution in [1.82, 2.24) is 9.97 Å². The van der Waals surface area contributed by atoms with Crippen LogP contribution in [0.25, 0.3) is 0 Å². The first-order valence-electron chi connectivity index (χ1n) is 5.54. The van der Waals surface area contributed by atoms with Crippen LogP contribution >= 0.6 is 11.3 Å². The molecule has 0 radical (unpaired) electrons. The number of aromatic carboxylic acids is 1. The Morgan fingerprint density at radius 1 is 1.44 bits per heavy atom. The van der Waals surface area contributed by atoms with Crippen molar-refractivity contribution in [1.29, 1.82) is 0 Å². The Hall–Kier alpha value is -1.95. The van der Waals surface area contributed by atoms with E-state index in [0.717, 1.165) is 12.2 Å². The Balaban J connectivity index is 2.15. The number of rotatable bonds is 5. The first-order chi connectivity index (χ1) is 8.70. The summed E-state index contributed by atoms with van der Waals surface area (Å²) in [7, 11) is 0. The Kier molecular flexibility index (Phi) is 3.88. The zero-order chi connectivity index (χ0) is 13.0. The molecule has 2 aromatic rings. The molecular formula is C12H13N3O2S. The summed E-state index contributed by atoms with van der Waals surface area (Å²) in [5.41, 5.74) is 0.937. The maximum Gasteiger partial charge on any atom is 0.347 e. The molecule has 0 aliphatic heterocycles. The van der Waals surface area contributed by atoms with Crippen LogP contribution in [-0.4, -0.2) is 27.6 Å². The van der Waals surface area contributed by atoms with Crippen molar-refractivity contribution >= 4 is 22.4 Å². The van der Waals surface area contributed by atoms with E-state index in [1.807, 2.05) is 30.0 Å². The van der Waals surface area contributed by atoms with Crippen LogP contribution in [-0.2, 0) is 6.54 Å². The second kappa shape index (κ2) is 5.59. The number of aromatic nitrogens is 2. The largest absolute Gasteiger partial charge is 0.477 e. The van der Waals surface area contributed by atoms with Crippen molar-refractivity contribution in [2.75, 3.05) is 11.4 Å². The van der Waals surface area contributed by atoms with Gasteiger partial charge in [-0.3, -0.25) is 4.98 Å². The normalized spacial score (nSPS) is 10.3. The SMILES string of the molecule is CCN(Cc1ccccn1)c1ncc(C(=O)O)s1. The molecule has 2 heterocycles. The van der Waals surface area contributed by atoms with Gasteiger partial charge in [0.15, 0.2) is 5.13 Å². The maximum absolute atomic E-state index is 10.8. The van der Waals surface area contributed by atoms with E-state index in [4.69, 9.17) is 5.11 Å². The van der Waals surface area contributed by atoms with Crippen LogP contribution in [0.4, 0.5) is 5.13 Å². The van der Waals surface area contributed by atoms with Gasteiger partial charge in [-0.15, -0.1) is 0 Å². The first kappa shape index (κ1) is 12.5. The van der Waals surface area contributed by atoms with E-state index in [2.05, 4.69) is 9.97 Å². The summed E-state index contributed by atoms with van der Waals surface area (Å²) in [6, 6.07) is 5.74. The number of nitrogens with zero attached hydrogens (tertiary/aromatic N) is 3. The van der Waals surface area contributed by atoms with Gasteiger partial charge in [0.25, 0.3) is 0 Å². The number of anilines is 1. The van der Waals surface area contributed by atoms with Crippen molar-refractivity contribution in [3.8, 4) is 0 Å². The predicted octanol–water partition coefficient (Wildman–Crippen LogP) is 2.26. The zero-order valence-electron chi connectivity index (χ0n) is 9.91. The molecule has 0 spiro atoms. The number of hydrogen-bond acceptors (Lipinski definition) is 5. The van der Waals surface area contributed by atoms with Gasteiger partial charge in [-0.1, -0.05) is 17.4 Å². The minimum absolute atomic E-state index is 0.254. The summed E-state index contributed by atoms with van der Waals surface area (Å²) in [5.74, 6) is -0.937. The van der Waals surface area contributed by atoms with E-state index in [1.165, 1.54) is 17.5 Å². The van der Waals surface area contributed by atoms with E-state index in [0.29, 0.717) is 11.7 Å². The Labute approximate surface area is 109 Å². The lowest BCUT2D eigenvalue weighted by Gasteiger charge is -2.18. The number of carbonyl (C=O) groups is 1. The van der Waals surface area contributed by atoms with Crippen LogP contribution in [0.5, 0.6) is 0 Å². The van der Waals surface area contributed by atoms with Crippen molar-refractivity contribution in [2.45, 2.75) is 13.5 Å². The van der Waals surface area contributed by atoms with Crippen LogP contribution in [0.1, 0.15) is 22.3 Å². The Morgan fingerprint density at radius 3 is 2.83 bits per heavy atom. The Morgan fingerprint density at radius 2 is 2.28 bits per heavy atom. The van der Waals surface area contributed by atoms with E-state index < -0.39 is 5.97 Å². The summed E-state index contributed by atoms with van der Waals surface area (Å²) in [5, 5.41) is 9.59. The van der Waals surface area contributed by atoms with Crippen molar-refractivity contribution in [3.63, 3.8) is 0 Å². The van der Waals surface area contributed by atoms with Crippen molar-refractivity contribution in [2.24, 2.45) is 0 Å². The maximum atomic E-state index is 10.8. The lowest BCUT2D eigenvalue weighted by molar-refractivity contribution is 0.0702. The fourth-order valence-electron chi connectivity index (χ4n) is 1.51. The second-order valence-corrected chi connectivity index (χ2v) is 4.66. The fourth-order valence-corrected chi connectivity index (χ4v) is 2.33. The van der Waals surface area contributed by atoms with Crippen molar-refractivity contribution < 1.29 is 9.90 Å². The highest BCUT2D eigenvalue weighted by atomic mass is 32.1. The molecule has 18 heavy (non-hydrogen) atoms. The fraction of sp³-hybridized carbons (Fsp3) is 0.250. The van der Waals surface area contributed by atoms with E-state index >= 15 is 0 Å². The van der Waals surface area contributed by atoms with E-state index in [9.17, 15) is 4.79 Å². The molecule has 0 saturated carbocycles. The molecular weight excluding hydrogens is 250 g/mol. The average Bonchev–Trinajstić information content (AvgIpc) is 2.87. The molecule has 94 valence electrons. The highest BCUT2D eigenvalue weighted by Gasteiger charge is 2.13. The van der Waals surface area contributed by atoms with Crippen molar-refractivity contribution in [3.05, 3.63) is 41.2 Å². The summed E-state index contributed by atoms with van der Waals surface area (Å²) >= 11 is 1.18. The van der Waals surface area contributed by atoms with Gasteiger partial charge in [0.2, 0.25) is 0 Å². The third kappa shape index (κ3) is 2.84. The van der Waals surface area contributed by atoms with Crippen LogP contribution in [0, 0.1) is 0 Å². The first-order valence-corrected chi connectivity index (χ1v) is 6.36. The van der Waals surface area contributed by atoms with Crippen LogP contribution < -0.4 is 4.90 Å². The molecule has 0 bridgehead atoms. The molecule has 0 amide bonds. The van der Waals surface area contributed by atoms with Gasteiger partial charge in [-0.05, 0) is 19.1 Å². The molecule has 0 aromatic carbocycles. The third-order valence-electron chi connectivity index (χ3n) is 2.44. The van der Waals surface area contributed by atoms with Gasteiger partial charge in [-0.25, -0.2) is 9.78 Å². The smallest absolute Gasteiger partial charge is 0.347 e. The number of thiazole rings is 1. The molecule has 0 unspecified atom stereocenters. The summed E-state index contributed by atoms with van der Waals surface area (Å²) in [6.07, 6.45) is 3.14. The molecule has 0 aliphatic carbocycles. The van der Waals surface area contributed by atoms with Gasteiger partial charge in [0, 0.05) is 12.7 Å². The molecule has 0 saturated heterocycles. The monoisotopic (exact) mass is 263 g/mol. The molecule has 0 atom stereocenters. The van der Waals surface area contributed by atoms with Crippen LogP contribution in [0.15, 0.2) is 30.6 Å². The quantitative estimate of drug-likeness (QED) is 0.896. The number of carboxylic acid groups (broad SMARTS) is 1. The van der Waals surface area contributed by atoms with Gasteiger partial charge in [-0.2, -0.15) is 0 Å². The zero-order valence-corrected chi connectivity index (χ0v) is 10.7. The molecule has 1 N–H and O–H groups in total. The average molecular weight is 263 g/mol. The minimum atomic E-state index is -0.937. The number of carboxylic acids is 1. The molecule has 6 heteroatoms. The molecule has 0 aliphatic rings. The summed E-state index contributed by atoms with van der Waals surface area (Å²) in [4.78, 5) is 21.5. The Bertz CT molecular complexity index is 527. The van der Waals surface area contributed by atoms with Crippen LogP contribution in [0.3, 0.4) is 0 Å². The topological polar surface area (TPSA) is 66.3 Å². The molecule has 2 aromatic heterocycles. The van der Waals surface area contributed by atoms with Gasteiger partial charge in [0.05, 0.1) is 18.4 Å². The molecule has 0 fully saturated rings. The number of hydrogen-bond donors (Lipinski definition) is 1.